The van der Waals surface area contributed by atoms with Crippen LogP contribution in [0.3, 0.4) is 0 Å². The van der Waals surface area contributed by atoms with E-state index >= 15 is 0 Å². The normalized spacial score (nSPS) is 12.5. The van der Waals surface area contributed by atoms with E-state index in [1.54, 1.807) is 0 Å². The molecule has 0 fully saturated rings. The number of carboxylic acids is 1. The molecule has 6 heteroatoms. The summed E-state index contributed by atoms with van der Waals surface area (Å²) in [5.74, 6) is -1.28. The molecule has 0 aromatic heterocycles. The van der Waals surface area contributed by atoms with Gasteiger partial charge in [-0.25, -0.2) is 0 Å². The maximum Gasteiger partial charge on any atom is 0.325 e. The Balaban J connectivity index is 3.73. The number of hydrogen-bond acceptors (Lipinski definition) is 4. The molecule has 0 radical (unpaired) electrons. The molecular weight excluding hydrogens is 224 g/mol. The molecule has 0 saturated heterocycles. The molecule has 0 aliphatic rings. The van der Waals surface area contributed by atoms with Crippen LogP contribution >= 0.6 is 0 Å². The largest absolute Gasteiger partial charge is 0.480 e. The van der Waals surface area contributed by atoms with Crippen molar-refractivity contribution in [1.82, 2.24) is 10.2 Å². The van der Waals surface area contributed by atoms with E-state index in [2.05, 4.69) is 5.32 Å². The maximum atomic E-state index is 11.3. The fourth-order valence-electron chi connectivity index (χ4n) is 1.41. The molecule has 0 aliphatic carbocycles. The van der Waals surface area contributed by atoms with E-state index in [1.807, 2.05) is 11.8 Å². The van der Waals surface area contributed by atoms with Crippen molar-refractivity contribution in [2.45, 2.75) is 32.7 Å². The molecule has 1 amide bonds. The van der Waals surface area contributed by atoms with E-state index in [0.717, 1.165) is 13.1 Å². The number of carboxylic acid groups (broad SMARTS) is 1. The maximum absolute atomic E-state index is 11.3. The minimum Gasteiger partial charge on any atom is -0.480 e. The van der Waals surface area contributed by atoms with Crippen LogP contribution in [0.25, 0.3) is 0 Å². The van der Waals surface area contributed by atoms with Gasteiger partial charge in [-0.1, -0.05) is 6.92 Å². The monoisotopic (exact) mass is 246 g/mol. The molecule has 17 heavy (non-hydrogen) atoms. The van der Waals surface area contributed by atoms with Crippen LogP contribution in [0.1, 0.15) is 26.7 Å². The molecule has 0 saturated carbocycles. The van der Waals surface area contributed by atoms with Gasteiger partial charge in [0.05, 0.1) is 6.61 Å². The van der Waals surface area contributed by atoms with Gasteiger partial charge in [-0.05, 0) is 26.4 Å². The molecule has 6 nitrogen and oxygen atoms in total. The lowest BCUT2D eigenvalue weighted by molar-refractivity contribution is -0.141. The Kier molecular flexibility index (Phi) is 8.35. The van der Waals surface area contributed by atoms with Crippen LogP contribution in [-0.2, 0) is 9.59 Å². The second-order valence-electron chi connectivity index (χ2n) is 3.89. The zero-order chi connectivity index (χ0) is 13.3. The third-order valence-electron chi connectivity index (χ3n) is 2.49. The van der Waals surface area contributed by atoms with Crippen LogP contribution in [-0.4, -0.2) is 59.3 Å². The lowest BCUT2D eigenvalue weighted by atomic mass is 10.2. The average molecular weight is 246 g/mol. The number of nitrogens with zero attached hydrogens (tertiary/aromatic N) is 1. The Morgan fingerprint density at radius 3 is 2.47 bits per heavy atom. The predicted molar refractivity (Wildman–Crippen MR) is 63.7 cm³/mol. The molecule has 0 aliphatic heterocycles. The standard InChI is InChI=1S/C11H22N2O4/c1-3-13(7-8-14)6-4-5-10(15)12-9(2)11(16)17/h9,14H,3-8H2,1-2H3,(H,12,15)(H,16,17). The number of likely N-dealkylation sites (N-methyl/N-ethyl adjacent to an activating group) is 1. The first-order chi connectivity index (χ1) is 8.01. The topological polar surface area (TPSA) is 89.9 Å². The molecule has 1 unspecified atom stereocenters. The number of aliphatic carboxylic acids is 1. The van der Waals surface area contributed by atoms with E-state index < -0.39 is 12.0 Å². The van der Waals surface area contributed by atoms with Crippen LogP contribution in [0, 0.1) is 0 Å². The smallest absolute Gasteiger partial charge is 0.325 e. The highest BCUT2D eigenvalue weighted by molar-refractivity contribution is 5.83. The molecular formula is C11H22N2O4. The van der Waals surface area contributed by atoms with Gasteiger partial charge in [0.1, 0.15) is 6.04 Å². The molecule has 0 rings (SSSR count). The fourth-order valence-corrected chi connectivity index (χ4v) is 1.41. The van der Waals surface area contributed by atoms with Gasteiger partial charge in [-0.2, -0.15) is 0 Å². The molecule has 1 atom stereocenters. The van der Waals surface area contributed by atoms with Crippen LogP contribution in [0.5, 0.6) is 0 Å². The third kappa shape index (κ3) is 7.70. The molecule has 0 heterocycles. The van der Waals surface area contributed by atoms with Crippen molar-refractivity contribution in [3.63, 3.8) is 0 Å². The molecule has 0 bridgehead atoms. The summed E-state index contributed by atoms with van der Waals surface area (Å²) in [6.07, 6.45) is 0.964. The predicted octanol–water partition coefficient (Wildman–Crippen LogP) is -0.330. The fraction of sp³-hybridized carbons (Fsp3) is 0.818. The van der Waals surface area contributed by atoms with Crippen molar-refractivity contribution in [2.24, 2.45) is 0 Å². The van der Waals surface area contributed by atoms with Gasteiger partial charge in [0, 0.05) is 13.0 Å². The number of nitrogens with one attached hydrogen (secondary N) is 1. The summed E-state index contributed by atoms with van der Waals surface area (Å²) in [6, 6.07) is -0.845. The Morgan fingerprint density at radius 2 is 2.00 bits per heavy atom. The summed E-state index contributed by atoms with van der Waals surface area (Å²) in [5.41, 5.74) is 0. The summed E-state index contributed by atoms with van der Waals surface area (Å²) in [4.78, 5) is 23.9. The first kappa shape index (κ1) is 15.9. The number of aliphatic hydroxyl groups is 1. The Morgan fingerprint density at radius 1 is 1.35 bits per heavy atom. The number of hydrogen-bond donors (Lipinski definition) is 3. The van der Waals surface area contributed by atoms with E-state index in [9.17, 15) is 9.59 Å². The highest BCUT2D eigenvalue weighted by Gasteiger charge is 2.13. The Labute approximate surface area is 102 Å². The Bertz CT molecular complexity index is 246. The average Bonchev–Trinajstić information content (AvgIpc) is 2.27. The second-order valence-corrected chi connectivity index (χ2v) is 3.89. The van der Waals surface area contributed by atoms with Crippen LogP contribution in [0.4, 0.5) is 0 Å². The van der Waals surface area contributed by atoms with E-state index in [4.69, 9.17) is 10.2 Å². The van der Waals surface area contributed by atoms with Crippen molar-refractivity contribution in [3.8, 4) is 0 Å². The quantitative estimate of drug-likeness (QED) is 0.518. The number of amides is 1. The number of rotatable bonds is 9. The summed E-state index contributed by atoms with van der Waals surface area (Å²) >= 11 is 0. The van der Waals surface area contributed by atoms with Crippen LogP contribution in [0.2, 0.25) is 0 Å². The van der Waals surface area contributed by atoms with Crippen molar-refractivity contribution >= 4 is 11.9 Å². The first-order valence-electron chi connectivity index (χ1n) is 5.86. The van der Waals surface area contributed by atoms with Gasteiger partial charge in [0.25, 0.3) is 0 Å². The summed E-state index contributed by atoms with van der Waals surface area (Å²) < 4.78 is 0. The van der Waals surface area contributed by atoms with Crippen LogP contribution in [0.15, 0.2) is 0 Å². The molecule has 3 N–H and O–H groups in total. The Hall–Kier alpha value is -1.14. The van der Waals surface area contributed by atoms with Gasteiger partial charge in [0.15, 0.2) is 0 Å². The number of carbonyl (C=O) groups excluding carboxylic acids is 1. The summed E-state index contributed by atoms with van der Waals surface area (Å²) in [7, 11) is 0. The van der Waals surface area contributed by atoms with E-state index in [1.165, 1.54) is 6.92 Å². The van der Waals surface area contributed by atoms with Crippen molar-refractivity contribution in [2.75, 3.05) is 26.2 Å². The van der Waals surface area contributed by atoms with E-state index in [0.29, 0.717) is 19.4 Å². The van der Waals surface area contributed by atoms with Gasteiger partial charge < -0.3 is 20.4 Å². The summed E-state index contributed by atoms with van der Waals surface area (Å²) in [6.45, 7) is 5.69. The molecule has 0 aromatic rings. The second kappa shape index (κ2) is 8.95. The summed E-state index contributed by atoms with van der Waals surface area (Å²) in [5, 5.41) is 19.8. The zero-order valence-corrected chi connectivity index (χ0v) is 10.5. The zero-order valence-electron chi connectivity index (χ0n) is 10.5. The van der Waals surface area contributed by atoms with Crippen molar-refractivity contribution in [1.29, 1.82) is 0 Å². The van der Waals surface area contributed by atoms with E-state index in [-0.39, 0.29) is 12.5 Å². The number of carbonyl (C=O) groups is 2. The van der Waals surface area contributed by atoms with Crippen molar-refractivity contribution < 1.29 is 19.8 Å². The van der Waals surface area contributed by atoms with Gasteiger partial charge >= 0.3 is 5.97 Å². The lowest BCUT2D eigenvalue weighted by Gasteiger charge is -2.18. The first-order valence-corrected chi connectivity index (χ1v) is 5.86. The third-order valence-corrected chi connectivity index (χ3v) is 2.49. The molecule has 0 aromatic carbocycles. The minimum atomic E-state index is -1.03. The number of aliphatic hydroxyl groups excluding tert-OH is 1. The van der Waals surface area contributed by atoms with Crippen LogP contribution < -0.4 is 5.32 Å². The lowest BCUT2D eigenvalue weighted by Crippen LogP contribution is -2.38. The van der Waals surface area contributed by atoms with Gasteiger partial charge in [0.2, 0.25) is 5.91 Å². The van der Waals surface area contributed by atoms with Gasteiger partial charge in [-0.3, -0.25) is 9.59 Å². The SMILES string of the molecule is CCN(CCO)CCCC(=O)NC(C)C(=O)O. The minimum absolute atomic E-state index is 0.107. The van der Waals surface area contributed by atoms with Gasteiger partial charge in [-0.15, -0.1) is 0 Å². The van der Waals surface area contributed by atoms with Crippen molar-refractivity contribution in [3.05, 3.63) is 0 Å². The molecule has 100 valence electrons. The highest BCUT2D eigenvalue weighted by Crippen LogP contribution is 1.96. The molecule has 0 spiro atoms. The highest BCUT2D eigenvalue weighted by atomic mass is 16.4.